The van der Waals surface area contributed by atoms with Crippen LogP contribution < -0.4 is 11.5 Å². The second-order valence-corrected chi connectivity index (χ2v) is 4.47. The van der Waals surface area contributed by atoms with Crippen LogP contribution in [0, 0.1) is 0 Å². The summed E-state index contributed by atoms with van der Waals surface area (Å²) in [4.78, 5) is 10.7. The molecule has 3 aliphatic rings. The molecule has 3 aliphatic carbocycles. The van der Waals surface area contributed by atoms with Gasteiger partial charge in [0.2, 0.25) is 0 Å². The lowest BCUT2D eigenvalue weighted by Gasteiger charge is -2.50. The largest absolute Gasteiger partial charge is 0.443 e. The molecule has 0 aromatic carbocycles. The lowest BCUT2D eigenvalue weighted by Crippen LogP contribution is -2.56. The van der Waals surface area contributed by atoms with Gasteiger partial charge in [-0.2, -0.15) is 0 Å². The van der Waals surface area contributed by atoms with Crippen molar-refractivity contribution in [2.24, 2.45) is 11.5 Å². The van der Waals surface area contributed by atoms with Crippen LogP contribution in [-0.2, 0) is 4.74 Å². The van der Waals surface area contributed by atoms with Crippen LogP contribution >= 0.6 is 0 Å². The van der Waals surface area contributed by atoms with E-state index in [1.807, 2.05) is 0 Å². The van der Waals surface area contributed by atoms with Gasteiger partial charge in [-0.25, -0.2) is 4.79 Å². The van der Waals surface area contributed by atoms with Crippen molar-refractivity contribution in [1.29, 1.82) is 0 Å². The molecule has 3 rings (SSSR count). The number of ether oxygens (including phenoxy) is 1. The minimum atomic E-state index is -0.647. The third-order valence-corrected chi connectivity index (χ3v) is 3.55. The average molecular weight is 184 g/mol. The zero-order chi connectivity index (χ0) is 9.53. The number of carbonyl (C=O) groups excluding carboxylic acids is 1. The molecule has 0 atom stereocenters. The molecule has 3 fully saturated rings. The highest BCUT2D eigenvalue weighted by atomic mass is 16.6. The highest BCUT2D eigenvalue weighted by molar-refractivity contribution is 5.65. The topological polar surface area (TPSA) is 78.3 Å². The molecule has 2 bridgehead atoms. The smallest absolute Gasteiger partial charge is 0.405 e. The van der Waals surface area contributed by atoms with E-state index in [-0.39, 0.29) is 11.1 Å². The maximum absolute atomic E-state index is 10.7. The van der Waals surface area contributed by atoms with Gasteiger partial charge < -0.3 is 16.2 Å². The Kier molecular flexibility index (Phi) is 1.77. The summed E-state index contributed by atoms with van der Waals surface area (Å²) in [5.41, 5.74) is 10.9. The third-order valence-electron chi connectivity index (χ3n) is 3.55. The quantitative estimate of drug-likeness (QED) is 0.635. The molecule has 0 aromatic rings. The Hall–Kier alpha value is -0.770. The number of hydrogen-bond donors (Lipinski definition) is 2. The Balaban J connectivity index is 2.07. The zero-order valence-corrected chi connectivity index (χ0v) is 7.71. The minimum absolute atomic E-state index is 0.0166. The van der Waals surface area contributed by atoms with Gasteiger partial charge >= 0.3 is 6.09 Å². The Bertz CT molecular complexity index is 215. The van der Waals surface area contributed by atoms with Gasteiger partial charge in [-0.05, 0) is 38.5 Å². The maximum atomic E-state index is 10.7. The summed E-state index contributed by atoms with van der Waals surface area (Å²) < 4.78 is 5.19. The molecule has 0 radical (unpaired) electrons. The predicted molar refractivity (Wildman–Crippen MR) is 48.0 cm³/mol. The van der Waals surface area contributed by atoms with E-state index in [4.69, 9.17) is 16.2 Å². The second kappa shape index (κ2) is 2.61. The fourth-order valence-corrected chi connectivity index (χ4v) is 2.55. The summed E-state index contributed by atoms with van der Waals surface area (Å²) in [6, 6.07) is 0. The maximum Gasteiger partial charge on any atom is 0.405 e. The Morgan fingerprint density at radius 3 is 1.92 bits per heavy atom. The normalized spacial score (nSPS) is 43.2. The van der Waals surface area contributed by atoms with Crippen LogP contribution in [0.1, 0.15) is 38.5 Å². The highest BCUT2D eigenvalue weighted by Crippen LogP contribution is 2.47. The van der Waals surface area contributed by atoms with Crippen molar-refractivity contribution < 1.29 is 9.53 Å². The first-order chi connectivity index (χ1) is 6.04. The Morgan fingerprint density at radius 2 is 1.54 bits per heavy atom. The van der Waals surface area contributed by atoms with Crippen molar-refractivity contribution >= 4 is 6.09 Å². The number of fused-ring (bicyclic) bond motifs is 3. The van der Waals surface area contributed by atoms with Crippen LogP contribution in [0.2, 0.25) is 0 Å². The SMILES string of the molecule is NC(=O)OC12CCC(N)(CC1)CC2. The van der Waals surface area contributed by atoms with Gasteiger partial charge in [-0.1, -0.05) is 0 Å². The van der Waals surface area contributed by atoms with Crippen LogP contribution in [-0.4, -0.2) is 17.2 Å². The zero-order valence-electron chi connectivity index (χ0n) is 7.71. The predicted octanol–water partition coefficient (Wildman–Crippen LogP) is 0.886. The standard InChI is InChI=1S/C9H16N2O2/c10-7(12)13-9-4-1-8(11,2-5-9)3-6-9/h1-6,11H2,(H2,10,12). The first-order valence-electron chi connectivity index (χ1n) is 4.81. The number of carbonyl (C=O) groups is 1. The van der Waals surface area contributed by atoms with E-state index in [9.17, 15) is 4.79 Å². The van der Waals surface area contributed by atoms with E-state index >= 15 is 0 Å². The van der Waals surface area contributed by atoms with Crippen molar-refractivity contribution in [1.82, 2.24) is 0 Å². The molecule has 0 spiro atoms. The molecule has 0 aliphatic heterocycles. The Labute approximate surface area is 77.6 Å². The van der Waals surface area contributed by atoms with Crippen molar-refractivity contribution in [2.45, 2.75) is 49.7 Å². The summed E-state index contributed by atoms with van der Waals surface area (Å²) in [7, 11) is 0. The summed E-state index contributed by atoms with van der Waals surface area (Å²) in [6.45, 7) is 0. The molecule has 1 amide bonds. The lowest BCUT2D eigenvalue weighted by atomic mass is 9.63. The van der Waals surface area contributed by atoms with Gasteiger partial charge in [0.1, 0.15) is 5.60 Å². The average Bonchev–Trinajstić information content (AvgIpc) is 2.07. The molecule has 4 nitrogen and oxygen atoms in total. The lowest BCUT2D eigenvalue weighted by molar-refractivity contribution is -0.0689. The number of hydrogen-bond acceptors (Lipinski definition) is 3. The monoisotopic (exact) mass is 184 g/mol. The molecule has 3 saturated carbocycles. The van der Waals surface area contributed by atoms with E-state index in [1.54, 1.807) is 0 Å². The fourth-order valence-electron chi connectivity index (χ4n) is 2.55. The van der Waals surface area contributed by atoms with Crippen LogP contribution in [0.5, 0.6) is 0 Å². The van der Waals surface area contributed by atoms with E-state index < -0.39 is 6.09 Å². The van der Waals surface area contributed by atoms with Crippen molar-refractivity contribution in [3.63, 3.8) is 0 Å². The van der Waals surface area contributed by atoms with Crippen LogP contribution in [0.15, 0.2) is 0 Å². The molecule has 0 unspecified atom stereocenters. The number of nitrogens with two attached hydrogens (primary N) is 2. The molecule has 74 valence electrons. The van der Waals surface area contributed by atoms with Crippen LogP contribution in [0.4, 0.5) is 4.79 Å². The van der Waals surface area contributed by atoms with Gasteiger partial charge in [-0.3, -0.25) is 0 Å². The summed E-state index contributed by atoms with van der Waals surface area (Å²) in [5, 5.41) is 0. The van der Waals surface area contributed by atoms with Crippen LogP contribution in [0.3, 0.4) is 0 Å². The van der Waals surface area contributed by atoms with Crippen molar-refractivity contribution in [3.05, 3.63) is 0 Å². The molecular formula is C9H16N2O2. The molecule has 13 heavy (non-hydrogen) atoms. The van der Waals surface area contributed by atoms with Gasteiger partial charge in [0.25, 0.3) is 0 Å². The fraction of sp³-hybridized carbons (Fsp3) is 0.889. The number of primary amides is 1. The molecular weight excluding hydrogens is 168 g/mol. The molecule has 0 heterocycles. The van der Waals surface area contributed by atoms with E-state index in [0.717, 1.165) is 38.5 Å². The highest BCUT2D eigenvalue weighted by Gasteiger charge is 2.48. The van der Waals surface area contributed by atoms with E-state index in [1.165, 1.54) is 0 Å². The second-order valence-electron chi connectivity index (χ2n) is 4.47. The van der Waals surface area contributed by atoms with Gasteiger partial charge in [0.15, 0.2) is 0 Å². The summed E-state index contributed by atoms with van der Waals surface area (Å²) in [6.07, 6.45) is 4.87. The molecule has 4 N–H and O–H groups in total. The van der Waals surface area contributed by atoms with E-state index in [2.05, 4.69) is 0 Å². The van der Waals surface area contributed by atoms with Gasteiger partial charge in [-0.15, -0.1) is 0 Å². The number of amides is 1. The van der Waals surface area contributed by atoms with E-state index in [0.29, 0.717) is 0 Å². The number of rotatable bonds is 1. The third kappa shape index (κ3) is 1.50. The first-order valence-corrected chi connectivity index (χ1v) is 4.81. The Morgan fingerprint density at radius 1 is 1.08 bits per heavy atom. The molecule has 4 heteroatoms. The molecule has 0 aromatic heterocycles. The minimum Gasteiger partial charge on any atom is -0.443 e. The van der Waals surface area contributed by atoms with Crippen molar-refractivity contribution in [2.75, 3.05) is 0 Å². The van der Waals surface area contributed by atoms with Gasteiger partial charge in [0.05, 0.1) is 0 Å². The van der Waals surface area contributed by atoms with Gasteiger partial charge in [0, 0.05) is 5.54 Å². The first kappa shape index (κ1) is 8.81. The summed E-state index contributed by atoms with van der Waals surface area (Å²) >= 11 is 0. The van der Waals surface area contributed by atoms with Crippen LogP contribution in [0.25, 0.3) is 0 Å². The summed E-state index contributed by atoms with van der Waals surface area (Å²) in [5.74, 6) is 0. The van der Waals surface area contributed by atoms with Crippen molar-refractivity contribution in [3.8, 4) is 0 Å². The molecule has 0 saturated heterocycles.